The van der Waals surface area contributed by atoms with E-state index < -0.39 is 5.41 Å². The maximum Gasteiger partial charge on any atom is 0.123 e. The van der Waals surface area contributed by atoms with Gasteiger partial charge in [-0.15, -0.1) is 0 Å². The lowest BCUT2D eigenvalue weighted by molar-refractivity contribution is 0.185. The Bertz CT molecular complexity index is 323. The molecule has 2 nitrogen and oxygen atoms in total. The van der Waals surface area contributed by atoms with Crippen molar-refractivity contribution in [2.45, 2.75) is 31.6 Å². The Hall–Kier alpha value is -0.930. The summed E-state index contributed by atoms with van der Waals surface area (Å²) in [5.41, 5.74) is 6.07. The highest BCUT2D eigenvalue weighted by Gasteiger charge is 2.29. The number of benzene rings is 1. The van der Waals surface area contributed by atoms with Gasteiger partial charge in [-0.05, 0) is 24.1 Å². The molecule has 0 spiro atoms. The zero-order valence-corrected chi connectivity index (χ0v) is 9.75. The molecule has 0 aliphatic heterocycles. The van der Waals surface area contributed by atoms with Crippen LogP contribution in [-0.2, 0) is 5.41 Å². The maximum absolute atomic E-state index is 13.2. The van der Waals surface area contributed by atoms with Crippen molar-refractivity contribution in [2.75, 3.05) is 13.2 Å². The number of halogens is 1. The van der Waals surface area contributed by atoms with Gasteiger partial charge in [0.05, 0.1) is 6.61 Å². The van der Waals surface area contributed by atoms with Crippen LogP contribution in [0.5, 0.6) is 0 Å². The third kappa shape index (κ3) is 2.80. The molecule has 90 valence electrons. The molecule has 1 unspecified atom stereocenters. The molecule has 1 atom stereocenters. The molecular formula is C13H20FNO. The fourth-order valence-electron chi connectivity index (χ4n) is 1.93. The highest BCUT2D eigenvalue weighted by molar-refractivity contribution is 5.27. The normalized spacial score (nSPS) is 14.8. The summed E-state index contributed by atoms with van der Waals surface area (Å²) >= 11 is 0. The molecule has 1 aromatic carbocycles. The van der Waals surface area contributed by atoms with Gasteiger partial charge in [-0.2, -0.15) is 0 Å². The lowest BCUT2D eigenvalue weighted by Gasteiger charge is -2.31. The van der Waals surface area contributed by atoms with Crippen LogP contribution in [0.1, 0.15) is 31.7 Å². The molecule has 0 aromatic heterocycles. The van der Waals surface area contributed by atoms with Crippen LogP contribution in [0.3, 0.4) is 0 Å². The molecule has 0 fully saturated rings. The minimum atomic E-state index is -0.488. The molecule has 1 aromatic rings. The summed E-state index contributed by atoms with van der Waals surface area (Å²) in [6.07, 6.45) is 2.81. The summed E-state index contributed by atoms with van der Waals surface area (Å²) in [5, 5.41) is 9.55. The predicted octanol–water partition coefficient (Wildman–Crippen LogP) is 2.20. The van der Waals surface area contributed by atoms with Crippen molar-refractivity contribution in [1.82, 2.24) is 0 Å². The summed E-state index contributed by atoms with van der Waals surface area (Å²) in [5.74, 6) is -0.278. The minimum Gasteiger partial charge on any atom is -0.395 e. The highest BCUT2D eigenvalue weighted by Crippen LogP contribution is 2.29. The van der Waals surface area contributed by atoms with Crippen molar-refractivity contribution < 1.29 is 9.50 Å². The Balaban J connectivity index is 2.99. The van der Waals surface area contributed by atoms with Crippen LogP contribution in [0, 0.1) is 5.82 Å². The van der Waals surface area contributed by atoms with Gasteiger partial charge in [0.2, 0.25) is 0 Å². The van der Waals surface area contributed by atoms with Crippen molar-refractivity contribution in [3.63, 3.8) is 0 Å². The van der Waals surface area contributed by atoms with Crippen molar-refractivity contribution >= 4 is 0 Å². The van der Waals surface area contributed by atoms with E-state index in [1.54, 1.807) is 6.07 Å². The van der Waals surface area contributed by atoms with Crippen molar-refractivity contribution in [2.24, 2.45) is 5.73 Å². The zero-order chi connectivity index (χ0) is 12.0. The number of hydrogen-bond donors (Lipinski definition) is 2. The van der Waals surface area contributed by atoms with Gasteiger partial charge in [0, 0.05) is 12.0 Å². The summed E-state index contributed by atoms with van der Waals surface area (Å²) in [4.78, 5) is 0. The van der Waals surface area contributed by atoms with Crippen LogP contribution in [0.15, 0.2) is 24.3 Å². The predicted molar refractivity (Wildman–Crippen MR) is 63.7 cm³/mol. The van der Waals surface area contributed by atoms with E-state index >= 15 is 0 Å². The smallest absolute Gasteiger partial charge is 0.123 e. The fourth-order valence-corrected chi connectivity index (χ4v) is 1.93. The van der Waals surface area contributed by atoms with E-state index in [1.807, 2.05) is 6.07 Å². The van der Waals surface area contributed by atoms with Gasteiger partial charge in [0.15, 0.2) is 0 Å². The molecule has 0 saturated carbocycles. The van der Waals surface area contributed by atoms with Crippen molar-refractivity contribution in [1.29, 1.82) is 0 Å². The van der Waals surface area contributed by atoms with Gasteiger partial charge in [-0.1, -0.05) is 31.9 Å². The standard InChI is InChI=1S/C13H20FNO/c1-2-3-7-13(9-15,10-16)11-5-4-6-12(14)8-11/h4-6,8,16H,2-3,7,9-10,15H2,1H3. The van der Waals surface area contributed by atoms with Crippen LogP contribution >= 0.6 is 0 Å². The largest absolute Gasteiger partial charge is 0.395 e. The van der Waals surface area contributed by atoms with Crippen molar-refractivity contribution in [3.05, 3.63) is 35.6 Å². The quantitative estimate of drug-likeness (QED) is 0.779. The third-order valence-electron chi connectivity index (χ3n) is 3.14. The average Bonchev–Trinajstić information content (AvgIpc) is 2.31. The van der Waals surface area contributed by atoms with Crippen LogP contribution < -0.4 is 5.73 Å². The molecule has 0 amide bonds. The molecular weight excluding hydrogens is 205 g/mol. The Morgan fingerprint density at radius 1 is 1.44 bits per heavy atom. The van der Waals surface area contributed by atoms with Crippen LogP contribution in [-0.4, -0.2) is 18.3 Å². The Morgan fingerprint density at radius 2 is 2.19 bits per heavy atom. The first kappa shape index (κ1) is 13.1. The molecule has 0 aliphatic rings. The van der Waals surface area contributed by atoms with E-state index in [-0.39, 0.29) is 12.4 Å². The second-order valence-electron chi connectivity index (χ2n) is 4.26. The molecule has 1 rings (SSSR count). The van der Waals surface area contributed by atoms with Gasteiger partial charge in [0.1, 0.15) is 5.82 Å². The highest BCUT2D eigenvalue weighted by atomic mass is 19.1. The van der Waals surface area contributed by atoms with Crippen molar-refractivity contribution in [3.8, 4) is 0 Å². The molecule has 3 heteroatoms. The number of unbranched alkanes of at least 4 members (excludes halogenated alkanes) is 1. The third-order valence-corrected chi connectivity index (χ3v) is 3.14. The second kappa shape index (κ2) is 5.97. The number of aliphatic hydroxyl groups excluding tert-OH is 1. The van der Waals surface area contributed by atoms with Crippen LogP contribution in [0.2, 0.25) is 0 Å². The van der Waals surface area contributed by atoms with E-state index in [0.29, 0.717) is 6.54 Å². The average molecular weight is 225 g/mol. The second-order valence-corrected chi connectivity index (χ2v) is 4.26. The molecule has 0 aliphatic carbocycles. The molecule has 3 N–H and O–H groups in total. The zero-order valence-electron chi connectivity index (χ0n) is 9.75. The molecule has 0 saturated heterocycles. The summed E-state index contributed by atoms with van der Waals surface area (Å²) < 4.78 is 13.2. The van der Waals surface area contributed by atoms with E-state index in [0.717, 1.165) is 24.8 Å². The van der Waals surface area contributed by atoms with Crippen LogP contribution in [0.25, 0.3) is 0 Å². The maximum atomic E-state index is 13.2. The molecule has 16 heavy (non-hydrogen) atoms. The van der Waals surface area contributed by atoms with Gasteiger partial charge in [-0.25, -0.2) is 4.39 Å². The fraction of sp³-hybridized carbons (Fsp3) is 0.538. The topological polar surface area (TPSA) is 46.2 Å². The van der Waals surface area contributed by atoms with Gasteiger partial charge >= 0.3 is 0 Å². The van der Waals surface area contributed by atoms with E-state index in [9.17, 15) is 9.50 Å². The van der Waals surface area contributed by atoms with E-state index in [2.05, 4.69) is 6.92 Å². The summed E-state index contributed by atoms with van der Waals surface area (Å²) in [7, 11) is 0. The number of hydrogen-bond acceptors (Lipinski definition) is 2. The number of rotatable bonds is 6. The first-order valence-electron chi connectivity index (χ1n) is 5.75. The lowest BCUT2D eigenvalue weighted by Crippen LogP contribution is -2.38. The minimum absolute atomic E-state index is 0.0348. The van der Waals surface area contributed by atoms with Crippen LogP contribution in [0.4, 0.5) is 4.39 Å². The monoisotopic (exact) mass is 225 g/mol. The Kier molecular flexibility index (Phi) is 4.90. The Labute approximate surface area is 96.3 Å². The first-order chi connectivity index (χ1) is 7.68. The molecule has 0 radical (unpaired) electrons. The first-order valence-corrected chi connectivity index (χ1v) is 5.75. The number of aliphatic hydroxyl groups is 1. The van der Waals surface area contributed by atoms with Gasteiger partial charge in [0.25, 0.3) is 0 Å². The summed E-state index contributed by atoms with van der Waals surface area (Å²) in [6.45, 7) is 2.39. The van der Waals surface area contributed by atoms with Gasteiger partial charge < -0.3 is 10.8 Å². The van der Waals surface area contributed by atoms with Gasteiger partial charge in [-0.3, -0.25) is 0 Å². The SMILES string of the molecule is CCCCC(CN)(CO)c1cccc(F)c1. The molecule has 0 heterocycles. The Morgan fingerprint density at radius 3 is 2.69 bits per heavy atom. The lowest BCUT2D eigenvalue weighted by atomic mass is 9.77. The van der Waals surface area contributed by atoms with E-state index in [4.69, 9.17) is 5.73 Å². The number of nitrogens with two attached hydrogens (primary N) is 1. The summed E-state index contributed by atoms with van der Waals surface area (Å²) in [6, 6.07) is 6.37. The molecule has 0 bridgehead atoms. The van der Waals surface area contributed by atoms with E-state index in [1.165, 1.54) is 12.1 Å².